The molecule has 0 atom stereocenters. The summed E-state index contributed by atoms with van der Waals surface area (Å²) in [4.78, 5) is 18.6. The largest absolute Gasteiger partial charge is 0.338 e. The lowest BCUT2D eigenvalue weighted by Crippen LogP contribution is -2.36. The second-order valence-corrected chi connectivity index (χ2v) is 5.06. The van der Waals surface area contributed by atoms with Gasteiger partial charge in [-0.15, -0.1) is 0 Å². The van der Waals surface area contributed by atoms with Gasteiger partial charge in [-0.1, -0.05) is 6.92 Å². The molecule has 0 bridgehead atoms. The van der Waals surface area contributed by atoms with Crippen LogP contribution in [0.15, 0.2) is 12.4 Å². The van der Waals surface area contributed by atoms with E-state index >= 15 is 0 Å². The van der Waals surface area contributed by atoms with Crippen molar-refractivity contribution >= 4 is 5.91 Å². The molecule has 1 amide bonds. The van der Waals surface area contributed by atoms with Crippen LogP contribution in [-0.4, -0.2) is 39.5 Å². The van der Waals surface area contributed by atoms with Gasteiger partial charge < -0.3 is 14.8 Å². The van der Waals surface area contributed by atoms with Crippen LogP contribution in [0.5, 0.6) is 0 Å². The molecule has 0 spiro atoms. The maximum atomic E-state index is 12.3. The standard InChI is InChI=1S/C14H24N4O/c1-3-7-15-10-13-16-8-9-17(13)11-14(19)18(4-2)12-5-6-12/h8-9,12,15H,3-7,10-11H2,1-2H3. The Morgan fingerprint density at radius 2 is 2.32 bits per heavy atom. The molecule has 1 aliphatic carbocycles. The van der Waals surface area contributed by atoms with E-state index in [4.69, 9.17) is 0 Å². The van der Waals surface area contributed by atoms with Crippen LogP contribution in [0.2, 0.25) is 0 Å². The number of likely N-dealkylation sites (N-methyl/N-ethyl adjacent to an activating group) is 1. The molecule has 1 heterocycles. The van der Waals surface area contributed by atoms with Crippen LogP contribution >= 0.6 is 0 Å². The van der Waals surface area contributed by atoms with Crippen molar-refractivity contribution in [2.45, 2.75) is 52.2 Å². The van der Waals surface area contributed by atoms with Crippen molar-refractivity contribution < 1.29 is 4.79 Å². The molecular weight excluding hydrogens is 240 g/mol. The van der Waals surface area contributed by atoms with Crippen molar-refractivity contribution in [3.8, 4) is 0 Å². The van der Waals surface area contributed by atoms with Crippen molar-refractivity contribution in [3.63, 3.8) is 0 Å². The molecule has 0 aromatic carbocycles. The van der Waals surface area contributed by atoms with E-state index in [9.17, 15) is 4.79 Å². The van der Waals surface area contributed by atoms with Crippen LogP contribution < -0.4 is 5.32 Å². The lowest BCUT2D eigenvalue weighted by Gasteiger charge is -2.21. The Kier molecular flexibility index (Phi) is 4.96. The van der Waals surface area contributed by atoms with Gasteiger partial charge in [-0.25, -0.2) is 4.98 Å². The van der Waals surface area contributed by atoms with Crippen molar-refractivity contribution in [2.24, 2.45) is 0 Å². The number of rotatable bonds is 8. The van der Waals surface area contributed by atoms with Crippen LogP contribution in [0.4, 0.5) is 0 Å². The molecule has 2 rings (SSSR count). The fraction of sp³-hybridized carbons (Fsp3) is 0.714. The highest BCUT2D eigenvalue weighted by molar-refractivity contribution is 5.76. The zero-order chi connectivity index (χ0) is 13.7. The van der Waals surface area contributed by atoms with Crippen molar-refractivity contribution in [1.82, 2.24) is 19.8 Å². The van der Waals surface area contributed by atoms with Crippen LogP contribution in [-0.2, 0) is 17.9 Å². The Labute approximate surface area is 115 Å². The summed E-state index contributed by atoms with van der Waals surface area (Å²) in [7, 11) is 0. The number of hydrogen-bond donors (Lipinski definition) is 1. The molecule has 1 aromatic rings. The molecule has 0 radical (unpaired) electrons. The highest BCUT2D eigenvalue weighted by Crippen LogP contribution is 2.26. The van der Waals surface area contributed by atoms with Gasteiger partial charge in [0, 0.05) is 25.0 Å². The number of amides is 1. The minimum atomic E-state index is 0.208. The minimum Gasteiger partial charge on any atom is -0.338 e. The summed E-state index contributed by atoms with van der Waals surface area (Å²) in [5.74, 6) is 1.15. The molecule has 0 saturated heterocycles. The molecule has 5 nitrogen and oxygen atoms in total. The fourth-order valence-corrected chi connectivity index (χ4v) is 2.29. The van der Waals surface area contributed by atoms with E-state index in [0.29, 0.717) is 12.6 Å². The van der Waals surface area contributed by atoms with Gasteiger partial charge in [0.2, 0.25) is 5.91 Å². The van der Waals surface area contributed by atoms with Gasteiger partial charge in [0.1, 0.15) is 12.4 Å². The summed E-state index contributed by atoms with van der Waals surface area (Å²) in [5, 5.41) is 3.32. The van der Waals surface area contributed by atoms with Crippen molar-refractivity contribution in [2.75, 3.05) is 13.1 Å². The molecule has 1 N–H and O–H groups in total. The molecule has 19 heavy (non-hydrogen) atoms. The van der Waals surface area contributed by atoms with Gasteiger partial charge in [-0.05, 0) is 32.7 Å². The smallest absolute Gasteiger partial charge is 0.242 e. The van der Waals surface area contributed by atoms with Crippen LogP contribution in [0.1, 0.15) is 38.9 Å². The van der Waals surface area contributed by atoms with E-state index < -0.39 is 0 Å². The summed E-state index contributed by atoms with van der Waals surface area (Å²) in [6.45, 7) is 7.11. The Morgan fingerprint density at radius 3 is 2.95 bits per heavy atom. The predicted octanol–water partition coefficient (Wildman–Crippen LogP) is 1.39. The second kappa shape index (κ2) is 6.70. The summed E-state index contributed by atoms with van der Waals surface area (Å²) < 4.78 is 1.95. The third kappa shape index (κ3) is 3.80. The van der Waals surface area contributed by atoms with E-state index in [1.165, 1.54) is 0 Å². The van der Waals surface area contributed by atoms with Crippen LogP contribution in [0.3, 0.4) is 0 Å². The van der Waals surface area contributed by atoms with Crippen LogP contribution in [0, 0.1) is 0 Å². The van der Waals surface area contributed by atoms with E-state index in [1.54, 1.807) is 6.20 Å². The molecular formula is C14H24N4O. The van der Waals surface area contributed by atoms with Gasteiger partial charge >= 0.3 is 0 Å². The van der Waals surface area contributed by atoms with Crippen LogP contribution in [0.25, 0.3) is 0 Å². The van der Waals surface area contributed by atoms with E-state index in [0.717, 1.165) is 44.7 Å². The molecule has 0 aliphatic heterocycles. The highest BCUT2D eigenvalue weighted by atomic mass is 16.2. The maximum Gasteiger partial charge on any atom is 0.242 e. The first-order chi connectivity index (χ1) is 9.26. The SMILES string of the molecule is CCCNCc1nccn1CC(=O)N(CC)C1CC1. The average Bonchev–Trinajstić information content (AvgIpc) is 3.13. The molecule has 5 heteroatoms. The Bertz CT molecular complexity index is 411. The number of carbonyl (C=O) groups excluding carboxylic acids is 1. The molecule has 1 saturated carbocycles. The Morgan fingerprint density at radius 1 is 1.53 bits per heavy atom. The highest BCUT2D eigenvalue weighted by Gasteiger charge is 2.31. The molecule has 1 fully saturated rings. The normalized spacial score (nSPS) is 14.6. The third-order valence-corrected chi connectivity index (χ3v) is 3.47. The third-order valence-electron chi connectivity index (χ3n) is 3.47. The lowest BCUT2D eigenvalue weighted by molar-refractivity contribution is -0.132. The zero-order valence-corrected chi connectivity index (χ0v) is 11.9. The number of carbonyl (C=O) groups is 1. The molecule has 1 aliphatic rings. The lowest BCUT2D eigenvalue weighted by atomic mass is 10.4. The molecule has 0 unspecified atom stereocenters. The summed E-state index contributed by atoms with van der Waals surface area (Å²) in [5.41, 5.74) is 0. The number of nitrogens with zero attached hydrogens (tertiary/aromatic N) is 3. The Hall–Kier alpha value is -1.36. The van der Waals surface area contributed by atoms with Crippen molar-refractivity contribution in [3.05, 3.63) is 18.2 Å². The first-order valence-corrected chi connectivity index (χ1v) is 7.26. The monoisotopic (exact) mass is 264 g/mol. The zero-order valence-electron chi connectivity index (χ0n) is 11.9. The van der Waals surface area contributed by atoms with Gasteiger partial charge in [-0.2, -0.15) is 0 Å². The number of aromatic nitrogens is 2. The maximum absolute atomic E-state index is 12.3. The first-order valence-electron chi connectivity index (χ1n) is 7.26. The van der Waals surface area contributed by atoms with Gasteiger partial charge in [0.15, 0.2) is 0 Å². The first kappa shape index (κ1) is 14.1. The quantitative estimate of drug-likeness (QED) is 0.722. The molecule has 106 valence electrons. The van der Waals surface area contributed by atoms with Gasteiger partial charge in [0.25, 0.3) is 0 Å². The van der Waals surface area contributed by atoms with E-state index in [1.807, 2.05) is 22.6 Å². The number of imidazole rings is 1. The molecule has 1 aromatic heterocycles. The van der Waals surface area contributed by atoms with Gasteiger partial charge in [-0.3, -0.25) is 4.79 Å². The topological polar surface area (TPSA) is 50.2 Å². The van der Waals surface area contributed by atoms with E-state index in [2.05, 4.69) is 17.2 Å². The summed E-state index contributed by atoms with van der Waals surface area (Å²) in [6.07, 6.45) is 7.08. The minimum absolute atomic E-state index is 0.208. The second-order valence-electron chi connectivity index (χ2n) is 5.06. The summed E-state index contributed by atoms with van der Waals surface area (Å²) >= 11 is 0. The summed E-state index contributed by atoms with van der Waals surface area (Å²) in [6, 6.07) is 0.489. The number of hydrogen-bond acceptors (Lipinski definition) is 3. The number of nitrogens with one attached hydrogen (secondary N) is 1. The average molecular weight is 264 g/mol. The fourth-order valence-electron chi connectivity index (χ4n) is 2.29. The van der Waals surface area contributed by atoms with Gasteiger partial charge in [0.05, 0.1) is 6.54 Å². The van der Waals surface area contributed by atoms with Crippen molar-refractivity contribution in [1.29, 1.82) is 0 Å². The van der Waals surface area contributed by atoms with E-state index in [-0.39, 0.29) is 5.91 Å². The Balaban J connectivity index is 1.90. The predicted molar refractivity (Wildman–Crippen MR) is 74.6 cm³/mol.